The summed E-state index contributed by atoms with van der Waals surface area (Å²) in [5, 5.41) is 5.37. The molecule has 4 heterocycles. The van der Waals surface area contributed by atoms with E-state index in [4.69, 9.17) is 14.4 Å². The molecule has 0 bridgehead atoms. The number of rotatable bonds is 2. The Hall–Kier alpha value is -3.51. The van der Waals surface area contributed by atoms with Crippen molar-refractivity contribution in [2.24, 2.45) is 0 Å². The number of nitrogens with one attached hydrogen (secondary N) is 1. The molecular formula is C24H15BrN4O. The second kappa shape index (κ2) is 6.78. The average Bonchev–Trinajstić information content (AvgIpc) is 3.16. The van der Waals surface area contributed by atoms with Crippen molar-refractivity contribution in [2.45, 2.75) is 0 Å². The minimum absolute atomic E-state index is 0.545. The van der Waals surface area contributed by atoms with Crippen molar-refractivity contribution >= 4 is 54.6 Å². The Kier molecular flexibility index (Phi) is 3.92. The zero-order chi connectivity index (χ0) is 20.1. The molecule has 3 aromatic heterocycles. The van der Waals surface area contributed by atoms with E-state index in [0.29, 0.717) is 12.3 Å². The first-order valence-electron chi connectivity index (χ1n) is 9.61. The number of halogens is 1. The van der Waals surface area contributed by atoms with Crippen molar-refractivity contribution in [1.82, 2.24) is 20.3 Å². The maximum atomic E-state index is 6.01. The number of hydrogen-bond acceptors (Lipinski definition) is 5. The normalized spacial score (nSPS) is 14.0. The molecule has 0 saturated heterocycles. The molecule has 144 valence electrons. The summed E-state index contributed by atoms with van der Waals surface area (Å²) >= 11 is 3.48. The van der Waals surface area contributed by atoms with Gasteiger partial charge in [0.15, 0.2) is 0 Å². The maximum absolute atomic E-state index is 6.01. The molecule has 0 spiro atoms. The van der Waals surface area contributed by atoms with Crippen LogP contribution in [-0.4, -0.2) is 21.5 Å². The van der Waals surface area contributed by atoms with Crippen molar-refractivity contribution in [2.75, 3.05) is 6.54 Å². The highest BCUT2D eigenvalue weighted by atomic mass is 79.9. The Morgan fingerprint density at radius 1 is 0.933 bits per heavy atom. The third kappa shape index (κ3) is 2.80. The van der Waals surface area contributed by atoms with E-state index in [9.17, 15) is 0 Å². The number of fused-ring (bicyclic) bond motifs is 4. The molecule has 1 aliphatic rings. The van der Waals surface area contributed by atoms with Crippen LogP contribution in [0.5, 0.6) is 0 Å². The smallest absolute Gasteiger partial charge is 0.246 e. The monoisotopic (exact) mass is 454 g/mol. The molecule has 1 N–H and O–H groups in total. The minimum atomic E-state index is 0.545. The van der Waals surface area contributed by atoms with Crippen molar-refractivity contribution < 1.29 is 4.42 Å². The molecule has 0 unspecified atom stereocenters. The highest BCUT2D eigenvalue weighted by Gasteiger charge is 2.20. The molecule has 5 nitrogen and oxygen atoms in total. The number of benzene rings is 2. The zero-order valence-corrected chi connectivity index (χ0v) is 17.3. The van der Waals surface area contributed by atoms with Gasteiger partial charge in [-0.3, -0.25) is 4.98 Å². The number of aromatic nitrogens is 3. The van der Waals surface area contributed by atoms with Crippen LogP contribution in [0.1, 0.15) is 5.69 Å². The van der Waals surface area contributed by atoms with Crippen LogP contribution in [0.4, 0.5) is 0 Å². The lowest BCUT2D eigenvalue weighted by molar-refractivity contribution is 0.652. The van der Waals surface area contributed by atoms with Crippen LogP contribution >= 0.6 is 15.9 Å². The van der Waals surface area contributed by atoms with Gasteiger partial charge in [0.2, 0.25) is 5.71 Å². The van der Waals surface area contributed by atoms with Crippen LogP contribution in [0.2, 0.25) is 0 Å². The zero-order valence-electron chi connectivity index (χ0n) is 15.8. The van der Waals surface area contributed by atoms with Crippen molar-refractivity contribution in [1.29, 1.82) is 0 Å². The highest BCUT2D eigenvalue weighted by Crippen LogP contribution is 2.34. The summed E-state index contributed by atoms with van der Waals surface area (Å²) in [5.41, 5.74) is 6.68. The molecule has 6 rings (SSSR count). The van der Waals surface area contributed by atoms with Gasteiger partial charge in [-0.2, -0.15) is 0 Å². The van der Waals surface area contributed by atoms with Crippen LogP contribution in [0.25, 0.3) is 49.9 Å². The largest absolute Gasteiger partial charge is 0.436 e. The molecule has 2 aromatic carbocycles. The van der Waals surface area contributed by atoms with E-state index in [2.05, 4.69) is 56.6 Å². The topological polar surface area (TPSA) is 63.8 Å². The van der Waals surface area contributed by atoms with Crippen LogP contribution in [0.3, 0.4) is 0 Å². The maximum Gasteiger partial charge on any atom is 0.246 e. The van der Waals surface area contributed by atoms with Crippen LogP contribution in [-0.2, 0) is 0 Å². The Bertz CT molecular complexity index is 1520. The van der Waals surface area contributed by atoms with Gasteiger partial charge in [0.1, 0.15) is 11.1 Å². The van der Waals surface area contributed by atoms with Gasteiger partial charge in [0.05, 0.1) is 21.5 Å². The minimum Gasteiger partial charge on any atom is -0.436 e. The average molecular weight is 455 g/mol. The van der Waals surface area contributed by atoms with Crippen molar-refractivity contribution in [3.05, 3.63) is 83.2 Å². The molecule has 0 amide bonds. The van der Waals surface area contributed by atoms with E-state index in [1.165, 1.54) is 0 Å². The van der Waals surface area contributed by atoms with Gasteiger partial charge in [-0.05, 0) is 51.8 Å². The fourth-order valence-electron chi connectivity index (χ4n) is 3.79. The number of pyridine rings is 1. The van der Waals surface area contributed by atoms with E-state index >= 15 is 0 Å². The molecule has 0 radical (unpaired) electrons. The molecule has 0 saturated carbocycles. The number of allylic oxidation sites excluding steroid dienone is 2. The fraction of sp³-hybridized carbons (Fsp3) is 0.0417. The van der Waals surface area contributed by atoms with E-state index in [-0.39, 0.29) is 0 Å². The van der Waals surface area contributed by atoms with Crippen molar-refractivity contribution in [3.63, 3.8) is 0 Å². The summed E-state index contributed by atoms with van der Waals surface area (Å²) in [6, 6.07) is 18.1. The second-order valence-corrected chi connectivity index (χ2v) is 8.00. The molecule has 5 aromatic rings. The SMILES string of the molecule is BrC1=CC=C(c2nc3oc4ccccc4c3nc2-c2ccc3cccnc3c2)CN1. The van der Waals surface area contributed by atoms with Gasteiger partial charge in [-0.15, -0.1) is 0 Å². The summed E-state index contributed by atoms with van der Waals surface area (Å²) in [6.07, 6.45) is 5.85. The standard InChI is InChI=1S/C24H15BrN4O/c25-20-10-9-16(13-27-20)22-21(15-8-7-14-4-3-11-26-18(14)12-15)28-23-17-5-1-2-6-19(17)30-24(23)29-22/h1-12,27H,13H2. The summed E-state index contributed by atoms with van der Waals surface area (Å²) in [7, 11) is 0. The van der Waals surface area contributed by atoms with E-state index in [1.807, 2.05) is 36.4 Å². The molecular weight excluding hydrogens is 440 g/mol. The summed E-state index contributed by atoms with van der Waals surface area (Å²) in [5.74, 6) is 0. The molecule has 0 atom stereocenters. The first kappa shape index (κ1) is 17.4. The summed E-state index contributed by atoms with van der Waals surface area (Å²) in [6.45, 7) is 0.649. The van der Waals surface area contributed by atoms with Crippen LogP contribution in [0.15, 0.2) is 82.0 Å². The van der Waals surface area contributed by atoms with Gasteiger partial charge in [-0.25, -0.2) is 9.97 Å². The molecule has 6 heteroatoms. The van der Waals surface area contributed by atoms with Gasteiger partial charge < -0.3 is 9.73 Å². The predicted molar refractivity (Wildman–Crippen MR) is 123 cm³/mol. The lowest BCUT2D eigenvalue weighted by atomic mass is 10.0. The molecule has 1 aliphatic heterocycles. The molecule has 0 aliphatic carbocycles. The Labute approximate surface area is 180 Å². The van der Waals surface area contributed by atoms with Gasteiger partial charge >= 0.3 is 0 Å². The van der Waals surface area contributed by atoms with Crippen molar-refractivity contribution in [3.8, 4) is 11.3 Å². The third-order valence-corrected chi connectivity index (χ3v) is 5.82. The lowest BCUT2D eigenvalue weighted by Gasteiger charge is -2.16. The Morgan fingerprint density at radius 3 is 2.77 bits per heavy atom. The van der Waals surface area contributed by atoms with Crippen LogP contribution in [0, 0.1) is 0 Å². The Balaban J connectivity index is 1.66. The number of dihydropyridines is 1. The quantitative estimate of drug-likeness (QED) is 0.340. The van der Waals surface area contributed by atoms with Gasteiger partial charge in [-0.1, -0.05) is 36.4 Å². The highest BCUT2D eigenvalue weighted by molar-refractivity contribution is 9.11. The number of para-hydroxylation sites is 1. The molecule has 30 heavy (non-hydrogen) atoms. The van der Waals surface area contributed by atoms with E-state index in [0.717, 1.165) is 54.5 Å². The van der Waals surface area contributed by atoms with Gasteiger partial charge in [0, 0.05) is 29.1 Å². The fourth-order valence-corrected chi connectivity index (χ4v) is 4.07. The van der Waals surface area contributed by atoms with Crippen LogP contribution < -0.4 is 5.32 Å². The number of hydrogen-bond donors (Lipinski definition) is 1. The number of nitrogens with zero attached hydrogens (tertiary/aromatic N) is 3. The van der Waals surface area contributed by atoms with Gasteiger partial charge in [0.25, 0.3) is 0 Å². The van der Waals surface area contributed by atoms with E-state index in [1.54, 1.807) is 6.20 Å². The lowest BCUT2D eigenvalue weighted by Crippen LogP contribution is -2.17. The van der Waals surface area contributed by atoms with E-state index < -0.39 is 0 Å². The Morgan fingerprint density at radius 2 is 1.87 bits per heavy atom. The first-order valence-corrected chi connectivity index (χ1v) is 10.4. The first-order chi connectivity index (χ1) is 14.8. The predicted octanol–water partition coefficient (Wildman–Crippen LogP) is 5.81. The third-order valence-electron chi connectivity index (χ3n) is 5.27. The number of furan rings is 1. The summed E-state index contributed by atoms with van der Waals surface area (Å²) < 4.78 is 6.95. The summed E-state index contributed by atoms with van der Waals surface area (Å²) in [4.78, 5) is 14.5. The second-order valence-electron chi connectivity index (χ2n) is 7.14. The molecule has 0 fully saturated rings.